The van der Waals surface area contributed by atoms with Gasteiger partial charge in [0.1, 0.15) is 23.4 Å². The fourth-order valence-electron chi connectivity index (χ4n) is 4.09. The van der Waals surface area contributed by atoms with Crippen LogP contribution in [0.3, 0.4) is 0 Å². The number of hydrogen-bond acceptors (Lipinski definition) is 4. The zero-order valence-corrected chi connectivity index (χ0v) is 15.3. The molecule has 3 heterocycles. The molecule has 1 N–H and O–H groups in total. The SMILES string of the molecule is COc1cc2c(cc1CNC[C@H]1CCCn3cc(C)nc31)O[C@H](C)C2. The largest absolute Gasteiger partial charge is 0.496 e. The van der Waals surface area contributed by atoms with Gasteiger partial charge in [-0.15, -0.1) is 0 Å². The zero-order valence-electron chi connectivity index (χ0n) is 15.3. The van der Waals surface area contributed by atoms with Crippen molar-refractivity contribution in [3.05, 3.63) is 41.0 Å². The number of fused-ring (bicyclic) bond motifs is 2. The third kappa shape index (κ3) is 3.25. The van der Waals surface area contributed by atoms with Gasteiger partial charge in [-0.25, -0.2) is 4.98 Å². The van der Waals surface area contributed by atoms with Crippen molar-refractivity contribution in [2.24, 2.45) is 0 Å². The molecule has 2 aliphatic rings. The average molecular weight is 341 g/mol. The number of aromatic nitrogens is 2. The number of imidazole rings is 1. The lowest BCUT2D eigenvalue weighted by molar-refractivity contribution is 0.254. The van der Waals surface area contributed by atoms with Gasteiger partial charge in [-0.05, 0) is 38.8 Å². The molecule has 1 aromatic heterocycles. The number of aryl methyl sites for hydroxylation is 2. The minimum absolute atomic E-state index is 0.257. The summed E-state index contributed by atoms with van der Waals surface area (Å²) in [5.41, 5.74) is 3.53. The lowest BCUT2D eigenvalue weighted by Crippen LogP contribution is -2.26. The Balaban J connectivity index is 1.43. The summed E-state index contributed by atoms with van der Waals surface area (Å²) in [7, 11) is 1.74. The van der Waals surface area contributed by atoms with E-state index in [9.17, 15) is 0 Å². The molecule has 0 amide bonds. The molecule has 0 aliphatic carbocycles. The smallest absolute Gasteiger partial charge is 0.123 e. The second-order valence-electron chi connectivity index (χ2n) is 7.31. The lowest BCUT2D eigenvalue weighted by Gasteiger charge is -2.24. The summed E-state index contributed by atoms with van der Waals surface area (Å²) in [6, 6.07) is 4.27. The monoisotopic (exact) mass is 341 g/mol. The second kappa shape index (κ2) is 6.71. The van der Waals surface area contributed by atoms with E-state index in [0.29, 0.717) is 5.92 Å². The third-order valence-electron chi connectivity index (χ3n) is 5.25. The average Bonchev–Trinajstić information content (AvgIpc) is 3.14. The minimum atomic E-state index is 0.257. The molecule has 0 fully saturated rings. The molecule has 0 unspecified atom stereocenters. The third-order valence-corrected chi connectivity index (χ3v) is 5.25. The van der Waals surface area contributed by atoms with Crippen LogP contribution in [0.5, 0.6) is 11.5 Å². The summed E-state index contributed by atoms with van der Waals surface area (Å²) >= 11 is 0. The van der Waals surface area contributed by atoms with Gasteiger partial charge >= 0.3 is 0 Å². The van der Waals surface area contributed by atoms with Crippen LogP contribution in [-0.4, -0.2) is 29.3 Å². The molecule has 134 valence electrons. The zero-order chi connectivity index (χ0) is 17.4. The first-order valence-electron chi connectivity index (χ1n) is 9.25. The van der Waals surface area contributed by atoms with Gasteiger partial charge < -0.3 is 19.4 Å². The molecule has 0 radical (unpaired) electrons. The van der Waals surface area contributed by atoms with Crippen molar-refractivity contribution in [3.8, 4) is 11.5 Å². The Labute approximate surface area is 149 Å². The van der Waals surface area contributed by atoms with E-state index in [2.05, 4.69) is 42.1 Å². The molecule has 0 saturated carbocycles. The molecule has 0 spiro atoms. The molecular formula is C20H27N3O2. The molecule has 25 heavy (non-hydrogen) atoms. The predicted octanol–water partition coefficient (Wildman–Crippen LogP) is 3.19. The highest BCUT2D eigenvalue weighted by Gasteiger charge is 2.23. The molecule has 2 aliphatic heterocycles. The predicted molar refractivity (Wildman–Crippen MR) is 97.4 cm³/mol. The Hall–Kier alpha value is -2.01. The van der Waals surface area contributed by atoms with Crippen LogP contribution in [0.15, 0.2) is 18.3 Å². The Kier molecular flexibility index (Phi) is 4.42. The number of ether oxygens (including phenoxy) is 2. The first-order valence-corrected chi connectivity index (χ1v) is 9.25. The van der Waals surface area contributed by atoms with E-state index >= 15 is 0 Å². The van der Waals surface area contributed by atoms with Crippen LogP contribution < -0.4 is 14.8 Å². The summed E-state index contributed by atoms with van der Waals surface area (Å²) in [6.07, 6.45) is 5.81. The minimum Gasteiger partial charge on any atom is -0.496 e. The van der Waals surface area contributed by atoms with E-state index in [-0.39, 0.29) is 6.10 Å². The Morgan fingerprint density at radius 2 is 2.28 bits per heavy atom. The van der Waals surface area contributed by atoms with E-state index < -0.39 is 0 Å². The second-order valence-corrected chi connectivity index (χ2v) is 7.31. The number of hydrogen-bond donors (Lipinski definition) is 1. The van der Waals surface area contributed by atoms with Gasteiger partial charge in [0.05, 0.1) is 12.8 Å². The first-order chi connectivity index (χ1) is 12.1. The maximum Gasteiger partial charge on any atom is 0.123 e. The molecule has 1 aromatic carbocycles. The quantitative estimate of drug-likeness (QED) is 0.907. The van der Waals surface area contributed by atoms with Gasteiger partial charge in [-0.1, -0.05) is 0 Å². The van der Waals surface area contributed by atoms with Crippen molar-refractivity contribution >= 4 is 0 Å². The molecule has 2 aromatic rings. The Bertz CT molecular complexity index is 769. The maximum atomic E-state index is 5.90. The van der Waals surface area contributed by atoms with Gasteiger partial charge in [-0.3, -0.25) is 0 Å². The highest BCUT2D eigenvalue weighted by atomic mass is 16.5. The Morgan fingerprint density at radius 1 is 1.40 bits per heavy atom. The van der Waals surface area contributed by atoms with E-state index in [4.69, 9.17) is 14.5 Å². The maximum absolute atomic E-state index is 5.90. The van der Waals surface area contributed by atoms with Crippen molar-refractivity contribution in [3.63, 3.8) is 0 Å². The molecule has 5 heteroatoms. The van der Waals surface area contributed by atoms with Crippen molar-refractivity contribution in [1.29, 1.82) is 0 Å². The van der Waals surface area contributed by atoms with E-state index in [1.165, 1.54) is 24.2 Å². The molecule has 4 rings (SSSR count). The molecule has 2 atom stereocenters. The number of nitrogens with one attached hydrogen (secondary N) is 1. The molecule has 0 bridgehead atoms. The first kappa shape index (κ1) is 16.5. The van der Waals surface area contributed by atoms with E-state index in [1.54, 1.807) is 7.11 Å². The number of nitrogens with zero attached hydrogens (tertiary/aromatic N) is 2. The fraction of sp³-hybridized carbons (Fsp3) is 0.550. The molecule has 0 saturated heterocycles. The van der Waals surface area contributed by atoms with Crippen LogP contribution in [0.4, 0.5) is 0 Å². The number of methoxy groups -OCH3 is 1. The normalized spacial score (nSPS) is 21.6. The highest BCUT2D eigenvalue weighted by Crippen LogP contribution is 2.35. The van der Waals surface area contributed by atoms with Gasteiger partial charge in [0.25, 0.3) is 0 Å². The van der Waals surface area contributed by atoms with Gasteiger partial charge in [0.2, 0.25) is 0 Å². The Morgan fingerprint density at radius 3 is 3.12 bits per heavy atom. The topological polar surface area (TPSA) is 48.3 Å². The van der Waals surface area contributed by atoms with Crippen molar-refractivity contribution < 1.29 is 9.47 Å². The van der Waals surface area contributed by atoms with Crippen LogP contribution >= 0.6 is 0 Å². The van der Waals surface area contributed by atoms with Crippen LogP contribution in [0.2, 0.25) is 0 Å². The lowest BCUT2D eigenvalue weighted by atomic mass is 9.98. The van der Waals surface area contributed by atoms with Crippen LogP contribution in [0, 0.1) is 6.92 Å². The van der Waals surface area contributed by atoms with Crippen molar-refractivity contribution in [2.75, 3.05) is 13.7 Å². The van der Waals surface area contributed by atoms with Gasteiger partial charge in [0, 0.05) is 49.3 Å². The van der Waals surface area contributed by atoms with E-state index in [0.717, 1.165) is 48.8 Å². The van der Waals surface area contributed by atoms with Crippen molar-refractivity contribution in [1.82, 2.24) is 14.9 Å². The van der Waals surface area contributed by atoms with Gasteiger partial charge in [-0.2, -0.15) is 0 Å². The standard InChI is InChI=1S/C20H27N3O2/c1-13-12-23-6-4-5-15(20(23)22-13)10-21-11-17-9-19-16(7-14(2)25-19)8-18(17)24-3/h8-9,12,14-15,21H,4-7,10-11H2,1-3H3/t14-,15-/m1/s1. The molecular weight excluding hydrogens is 314 g/mol. The summed E-state index contributed by atoms with van der Waals surface area (Å²) in [6.45, 7) is 7.00. The highest BCUT2D eigenvalue weighted by molar-refractivity contribution is 5.48. The van der Waals surface area contributed by atoms with Crippen LogP contribution in [0.1, 0.15) is 48.3 Å². The summed E-state index contributed by atoms with van der Waals surface area (Å²) in [5.74, 6) is 3.67. The number of benzene rings is 1. The van der Waals surface area contributed by atoms with E-state index in [1.807, 2.05) is 0 Å². The van der Waals surface area contributed by atoms with Crippen molar-refractivity contribution in [2.45, 2.75) is 58.2 Å². The summed E-state index contributed by atoms with van der Waals surface area (Å²) < 4.78 is 13.8. The van der Waals surface area contributed by atoms with Gasteiger partial charge in [0.15, 0.2) is 0 Å². The number of rotatable bonds is 5. The summed E-state index contributed by atoms with van der Waals surface area (Å²) in [4.78, 5) is 4.73. The fourth-order valence-corrected chi connectivity index (χ4v) is 4.09. The summed E-state index contributed by atoms with van der Waals surface area (Å²) in [5, 5.41) is 3.61. The molecule has 5 nitrogen and oxygen atoms in total. The van der Waals surface area contributed by atoms with Crippen LogP contribution in [0.25, 0.3) is 0 Å². The van der Waals surface area contributed by atoms with Crippen LogP contribution in [-0.2, 0) is 19.5 Å².